The van der Waals surface area contributed by atoms with Crippen molar-refractivity contribution < 1.29 is 24.1 Å². The summed E-state index contributed by atoms with van der Waals surface area (Å²) in [6.07, 6.45) is 5.38. The minimum absolute atomic E-state index is 0.155. The smallest absolute Gasteiger partial charge is 0.295 e. The van der Waals surface area contributed by atoms with Gasteiger partial charge in [-0.15, -0.1) is 16.7 Å². The van der Waals surface area contributed by atoms with Gasteiger partial charge in [0.15, 0.2) is 17.2 Å². The maximum Gasteiger partial charge on any atom is 0.295 e. The van der Waals surface area contributed by atoms with E-state index in [1.807, 2.05) is 6.07 Å². The molecule has 0 bridgehead atoms. The third-order valence-corrected chi connectivity index (χ3v) is 4.32. The van der Waals surface area contributed by atoms with Crippen LogP contribution in [0, 0.1) is 12.3 Å². The first-order chi connectivity index (χ1) is 14.0. The largest absolute Gasteiger partial charge is 0.493 e. The van der Waals surface area contributed by atoms with Crippen LogP contribution in [0.5, 0.6) is 23.1 Å². The van der Waals surface area contributed by atoms with Crippen LogP contribution >= 0.6 is 0 Å². The van der Waals surface area contributed by atoms with Crippen molar-refractivity contribution >= 4 is 22.5 Å². The lowest BCUT2D eigenvalue weighted by molar-refractivity contribution is 0.0994. The molecule has 2 aromatic carbocycles. The summed E-state index contributed by atoms with van der Waals surface area (Å²) in [5.41, 5.74) is 1.05. The molecule has 148 valence electrons. The van der Waals surface area contributed by atoms with Gasteiger partial charge in [0.2, 0.25) is 11.6 Å². The predicted octanol–water partition coefficient (Wildman–Crippen LogP) is 3.93. The summed E-state index contributed by atoms with van der Waals surface area (Å²) in [5.74, 6) is 2.68. The van der Waals surface area contributed by atoms with Gasteiger partial charge in [-0.1, -0.05) is 24.1 Å². The molecule has 3 aromatic rings. The topological polar surface area (TPSA) is 94.6 Å². The molecule has 1 amide bonds. The Bertz CT molecular complexity index is 1120. The van der Waals surface area contributed by atoms with Gasteiger partial charge in [0, 0.05) is 5.39 Å². The predicted molar refractivity (Wildman–Crippen MR) is 107 cm³/mol. The monoisotopic (exact) mass is 393 g/mol. The maximum absolute atomic E-state index is 12.6. The number of terminal acetylenes is 1. The zero-order chi connectivity index (χ0) is 21.0. The number of azo groups is 1. The second-order valence-corrected chi connectivity index (χ2v) is 5.90. The summed E-state index contributed by atoms with van der Waals surface area (Å²) in [6.45, 7) is 0.155. The number of aromatic nitrogens is 1. The number of carbonyl (C=O) groups excluding carboxylic acids is 1. The van der Waals surface area contributed by atoms with Crippen molar-refractivity contribution in [3.63, 3.8) is 0 Å². The van der Waals surface area contributed by atoms with Crippen LogP contribution in [0.3, 0.4) is 0 Å². The number of carbonyl (C=O) groups is 1. The summed E-state index contributed by atoms with van der Waals surface area (Å²) in [6, 6.07) is 10.1. The first-order valence-electron chi connectivity index (χ1n) is 8.55. The van der Waals surface area contributed by atoms with Crippen molar-refractivity contribution in [3.8, 4) is 35.5 Å². The third kappa shape index (κ3) is 3.58. The molecule has 0 unspecified atom stereocenters. The molecule has 8 nitrogen and oxygen atoms in total. The Morgan fingerprint density at radius 1 is 1.14 bits per heavy atom. The molecule has 0 aliphatic rings. The molecule has 0 saturated heterocycles. The Morgan fingerprint density at radius 2 is 1.79 bits per heavy atom. The fourth-order valence-electron chi connectivity index (χ4n) is 2.98. The van der Waals surface area contributed by atoms with Crippen molar-refractivity contribution in [2.45, 2.75) is 6.54 Å². The number of nitrogens with zero attached hydrogens (tertiary/aromatic N) is 3. The van der Waals surface area contributed by atoms with Crippen LogP contribution in [0.2, 0.25) is 0 Å². The van der Waals surface area contributed by atoms with Gasteiger partial charge in [-0.25, -0.2) is 0 Å². The van der Waals surface area contributed by atoms with E-state index in [0.29, 0.717) is 28.2 Å². The van der Waals surface area contributed by atoms with Crippen LogP contribution in [-0.2, 0) is 6.54 Å². The first kappa shape index (κ1) is 19.8. The average molecular weight is 393 g/mol. The Balaban J connectivity index is 2.02. The van der Waals surface area contributed by atoms with E-state index in [1.165, 1.54) is 38.0 Å². The minimum Gasteiger partial charge on any atom is -0.493 e. The van der Waals surface area contributed by atoms with E-state index in [0.717, 1.165) is 0 Å². The summed E-state index contributed by atoms with van der Waals surface area (Å²) in [5, 5.41) is 18.9. The molecule has 0 atom stereocenters. The molecular weight excluding hydrogens is 374 g/mol. The van der Waals surface area contributed by atoms with Gasteiger partial charge in [0.1, 0.15) is 0 Å². The average Bonchev–Trinajstić information content (AvgIpc) is 3.02. The van der Waals surface area contributed by atoms with Gasteiger partial charge < -0.3 is 19.3 Å². The molecule has 0 saturated carbocycles. The molecule has 0 spiro atoms. The third-order valence-electron chi connectivity index (χ3n) is 4.32. The lowest BCUT2D eigenvalue weighted by Gasteiger charge is -2.12. The van der Waals surface area contributed by atoms with Crippen LogP contribution in [0.1, 0.15) is 10.4 Å². The molecule has 0 aliphatic carbocycles. The fraction of sp³-hybridized carbons (Fsp3) is 0.190. The van der Waals surface area contributed by atoms with Gasteiger partial charge in [-0.3, -0.25) is 9.36 Å². The second kappa shape index (κ2) is 8.35. The second-order valence-electron chi connectivity index (χ2n) is 5.90. The van der Waals surface area contributed by atoms with Crippen molar-refractivity contribution in [2.24, 2.45) is 10.2 Å². The number of fused-ring (bicyclic) bond motifs is 1. The molecule has 8 heteroatoms. The number of rotatable bonds is 6. The number of aromatic hydroxyl groups is 1. The number of methoxy groups -OCH3 is 3. The SMILES string of the molecule is C#CCn1c(O)c(N=NC(=O)c2cc(OC)c(OC)c(OC)c2)c2ccccc21. The Kier molecular flexibility index (Phi) is 5.69. The molecule has 29 heavy (non-hydrogen) atoms. The maximum atomic E-state index is 12.6. The number of ether oxygens (including phenoxy) is 3. The number of para-hydroxylation sites is 1. The quantitative estimate of drug-likeness (QED) is 0.506. The van der Waals surface area contributed by atoms with Crippen molar-refractivity contribution in [1.29, 1.82) is 0 Å². The number of hydrogen-bond acceptors (Lipinski definition) is 6. The number of hydrogen-bond donors (Lipinski definition) is 1. The van der Waals surface area contributed by atoms with Crippen molar-refractivity contribution in [1.82, 2.24) is 4.57 Å². The van der Waals surface area contributed by atoms with Gasteiger partial charge in [-0.2, -0.15) is 0 Å². The molecule has 0 fully saturated rings. The van der Waals surface area contributed by atoms with Gasteiger partial charge >= 0.3 is 0 Å². The molecule has 0 radical (unpaired) electrons. The van der Waals surface area contributed by atoms with Crippen molar-refractivity contribution in [2.75, 3.05) is 21.3 Å². The number of amides is 1. The molecule has 0 aliphatic heterocycles. The summed E-state index contributed by atoms with van der Waals surface area (Å²) < 4.78 is 17.3. The van der Waals surface area contributed by atoms with E-state index in [4.69, 9.17) is 20.6 Å². The molecule has 3 rings (SSSR count). The van der Waals surface area contributed by atoms with Crippen LogP contribution in [0.15, 0.2) is 46.6 Å². The normalized spacial score (nSPS) is 10.8. The van der Waals surface area contributed by atoms with E-state index < -0.39 is 5.91 Å². The molecule has 1 N–H and O–H groups in total. The van der Waals surface area contributed by atoms with E-state index in [-0.39, 0.29) is 23.7 Å². The van der Waals surface area contributed by atoms with Crippen molar-refractivity contribution in [3.05, 3.63) is 42.0 Å². The zero-order valence-corrected chi connectivity index (χ0v) is 16.2. The molecular formula is C21H19N3O5. The highest BCUT2D eigenvalue weighted by Gasteiger charge is 2.19. The Labute approximate surface area is 167 Å². The van der Waals surface area contributed by atoms with E-state index in [1.54, 1.807) is 18.2 Å². The minimum atomic E-state index is -0.641. The fourth-order valence-corrected chi connectivity index (χ4v) is 2.98. The highest BCUT2D eigenvalue weighted by molar-refractivity contribution is 5.98. The standard InChI is InChI=1S/C21H19N3O5/c1-5-10-24-15-9-7-6-8-14(15)18(21(24)26)22-23-20(25)13-11-16(27-2)19(29-4)17(12-13)28-3/h1,6-9,11-12,26H,10H2,2-4H3. The number of benzene rings is 2. The van der Waals surface area contributed by atoms with Gasteiger partial charge in [0.25, 0.3) is 5.91 Å². The van der Waals surface area contributed by atoms with E-state index in [9.17, 15) is 9.90 Å². The lowest BCUT2D eigenvalue weighted by Crippen LogP contribution is -2.00. The summed E-state index contributed by atoms with van der Waals surface area (Å²) in [4.78, 5) is 12.6. The van der Waals surface area contributed by atoms with E-state index in [2.05, 4.69) is 16.1 Å². The van der Waals surface area contributed by atoms with Crippen LogP contribution in [0.25, 0.3) is 10.9 Å². The molecule has 1 heterocycles. The summed E-state index contributed by atoms with van der Waals surface area (Å²) >= 11 is 0. The lowest BCUT2D eigenvalue weighted by atomic mass is 10.1. The first-order valence-corrected chi connectivity index (χ1v) is 8.55. The van der Waals surface area contributed by atoms with Crippen LogP contribution < -0.4 is 14.2 Å². The summed E-state index contributed by atoms with van der Waals surface area (Å²) in [7, 11) is 4.37. The van der Waals surface area contributed by atoms with Crippen LogP contribution in [0.4, 0.5) is 5.69 Å². The molecule has 1 aromatic heterocycles. The highest BCUT2D eigenvalue weighted by atomic mass is 16.5. The Morgan fingerprint density at radius 3 is 2.38 bits per heavy atom. The van der Waals surface area contributed by atoms with Crippen LogP contribution in [-0.4, -0.2) is 36.9 Å². The zero-order valence-electron chi connectivity index (χ0n) is 16.2. The van der Waals surface area contributed by atoms with Gasteiger partial charge in [-0.05, 0) is 18.2 Å². The van der Waals surface area contributed by atoms with Gasteiger partial charge in [0.05, 0.1) is 39.0 Å². The Hall–Kier alpha value is -3.99. The highest BCUT2D eigenvalue weighted by Crippen LogP contribution is 2.40. The van der Waals surface area contributed by atoms with E-state index >= 15 is 0 Å².